The minimum Gasteiger partial charge on any atom is -0.467 e. The fraction of sp³-hybridized carbons (Fsp3) is 0.192. The van der Waals surface area contributed by atoms with Crippen LogP contribution in [0.5, 0.6) is 0 Å². The number of ether oxygens (including phenoxy) is 1. The van der Waals surface area contributed by atoms with E-state index in [4.69, 9.17) is 9.15 Å². The highest BCUT2D eigenvalue weighted by molar-refractivity contribution is 6.07. The third-order valence-corrected chi connectivity index (χ3v) is 5.60. The van der Waals surface area contributed by atoms with Gasteiger partial charge in [-0.15, -0.1) is 0 Å². The molecule has 172 valence electrons. The van der Waals surface area contributed by atoms with Crippen LogP contribution < -0.4 is 10.6 Å². The number of Topliss-reactive ketones (excluding diaryl/α,β-unsaturated/α-hetero) is 1. The number of furan rings is 1. The topological polar surface area (TPSA) is 109 Å². The summed E-state index contributed by atoms with van der Waals surface area (Å²) in [4.78, 5) is 32.8. The van der Waals surface area contributed by atoms with E-state index in [2.05, 4.69) is 20.6 Å². The van der Waals surface area contributed by atoms with Crippen LogP contribution in [0, 0.1) is 0 Å². The number of nitrogens with zero attached hydrogens (tertiary/aromatic N) is 1. The fourth-order valence-corrected chi connectivity index (χ4v) is 4.08. The fourth-order valence-electron chi connectivity index (χ4n) is 4.08. The van der Waals surface area contributed by atoms with Crippen LogP contribution in [0.25, 0.3) is 11.3 Å². The first-order valence-electron chi connectivity index (χ1n) is 11.1. The summed E-state index contributed by atoms with van der Waals surface area (Å²) >= 11 is 0. The number of carbonyl (C=O) groups is 2. The first-order valence-corrected chi connectivity index (χ1v) is 11.1. The highest BCUT2D eigenvalue weighted by Gasteiger charge is 2.27. The predicted octanol–water partition coefficient (Wildman–Crippen LogP) is 5.09. The molecule has 3 heterocycles. The molecule has 0 saturated carbocycles. The van der Waals surface area contributed by atoms with Gasteiger partial charge in [-0.3, -0.25) is 9.59 Å². The standard InChI is InChI=1S/C26H24N4O4/c31-21-10-4-9-20-24(21)26(28-18-6-2-1-3-7-18)25(29-20)17-11-12-27-22(14-17)30-23(32)16-33-15-19-8-5-13-34-19/h1-3,5-8,11-14,28-29H,4,9-10,15-16H2,(H,27,30,32). The lowest BCUT2D eigenvalue weighted by Crippen LogP contribution is -2.18. The molecule has 1 amide bonds. The Morgan fingerprint density at radius 2 is 2.00 bits per heavy atom. The van der Waals surface area contributed by atoms with Crippen molar-refractivity contribution < 1.29 is 18.7 Å². The molecule has 5 rings (SSSR count). The number of hydrogen-bond acceptors (Lipinski definition) is 6. The van der Waals surface area contributed by atoms with E-state index < -0.39 is 0 Å². The number of H-pyrrole nitrogens is 1. The van der Waals surface area contributed by atoms with Gasteiger partial charge in [-0.2, -0.15) is 0 Å². The lowest BCUT2D eigenvalue weighted by molar-refractivity contribution is -0.121. The van der Waals surface area contributed by atoms with Gasteiger partial charge in [0.05, 0.1) is 23.2 Å². The van der Waals surface area contributed by atoms with E-state index in [-0.39, 0.29) is 24.9 Å². The molecule has 0 bridgehead atoms. The van der Waals surface area contributed by atoms with Gasteiger partial charge in [0.25, 0.3) is 5.91 Å². The highest BCUT2D eigenvalue weighted by atomic mass is 16.5. The monoisotopic (exact) mass is 456 g/mol. The molecule has 0 atom stereocenters. The van der Waals surface area contributed by atoms with E-state index in [1.807, 2.05) is 36.4 Å². The molecule has 4 aromatic rings. The molecule has 1 aromatic carbocycles. The zero-order valence-electron chi connectivity index (χ0n) is 18.5. The number of benzene rings is 1. The van der Waals surface area contributed by atoms with Crippen LogP contribution in [0.4, 0.5) is 17.2 Å². The van der Waals surface area contributed by atoms with E-state index in [1.54, 1.807) is 30.7 Å². The zero-order valence-corrected chi connectivity index (χ0v) is 18.5. The van der Waals surface area contributed by atoms with Crippen molar-refractivity contribution >= 4 is 28.9 Å². The van der Waals surface area contributed by atoms with Gasteiger partial charge in [-0.25, -0.2) is 4.98 Å². The van der Waals surface area contributed by atoms with E-state index in [0.29, 0.717) is 23.6 Å². The molecule has 0 aliphatic heterocycles. The van der Waals surface area contributed by atoms with Gasteiger partial charge in [0.2, 0.25) is 0 Å². The van der Waals surface area contributed by atoms with Gasteiger partial charge in [0.1, 0.15) is 24.8 Å². The molecule has 0 saturated heterocycles. The largest absolute Gasteiger partial charge is 0.467 e. The number of carbonyl (C=O) groups excluding carboxylic acids is 2. The van der Waals surface area contributed by atoms with Crippen LogP contribution in [0.3, 0.4) is 0 Å². The summed E-state index contributed by atoms with van der Waals surface area (Å²) in [5.41, 5.74) is 4.87. The molecular formula is C26H24N4O4. The smallest absolute Gasteiger partial charge is 0.251 e. The maximum absolute atomic E-state index is 12.8. The number of aryl methyl sites for hydroxylation is 1. The van der Waals surface area contributed by atoms with Crippen molar-refractivity contribution in [2.75, 3.05) is 17.2 Å². The lowest BCUT2D eigenvalue weighted by Gasteiger charge is -2.14. The molecule has 0 fully saturated rings. The second-order valence-corrected chi connectivity index (χ2v) is 8.05. The van der Waals surface area contributed by atoms with Gasteiger partial charge in [0, 0.05) is 29.6 Å². The Labute approximate surface area is 196 Å². The number of amides is 1. The number of ketones is 1. The number of hydrogen-bond donors (Lipinski definition) is 3. The second kappa shape index (κ2) is 9.76. The number of anilines is 3. The number of nitrogens with one attached hydrogen (secondary N) is 3. The van der Waals surface area contributed by atoms with Gasteiger partial charge < -0.3 is 24.8 Å². The Kier molecular flexibility index (Phi) is 6.22. The van der Waals surface area contributed by atoms with Crippen molar-refractivity contribution in [2.45, 2.75) is 25.9 Å². The molecular weight excluding hydrogens is 432 g/mol. The first kappa shape index (κ1) is 21.7. The molecule has 1 aliphatic rings. The number of aromatic amines is 1. The van der Waals surface area contributed by atoms with Gasteiger partial charge in [-0.05, 0) is 49.2 Å². The Morgan fingerprint density at radius 1 is 1.12 bits per heavy atom. The molecule has 8 nitrogen and oxygen atoms in total. The zero-order chi connectivity index (χ0) is 23.3. The summed E-state index contributed by atoms with van der Waals surface area (Å²) in [5.74, 6) is 0.851. The quantitative estimate of drug-likeness (QED) is 0.341. The number of fused-ring (bicyclic) bond motifs is 1. The summed E-state index contributed by atoms with van der Waals surface area (Å²) in [7, 11) is 0. The number of aromatic nitrogens is 2. The third kappa shape index (κ3) is 4.77. The highest BCUT2D eigenvalue weighted by Crippen LogP contribution is 2.39. The van der Waals surface area contributed by atoms with Gasteiger partial charge >= 0.3 is 0 Å². The van der Waals surface area contributed by atoms with Crippen LogP contribution in [0.1, 0.15) is 34.7 Å². The van der Waals surface area contributed by atoms with Crippen LogP contribution >= 0.6 is 0 Å². The third-order valence-electron chi connectivity index (χ3n) is 5.60. The van der Waals surface area contributed by atoms with Crippen LogP contribution in [-0.2, 0) is 22.6 Å². The van der Waals surface area contributed by atoms with Crippen molar-refractivity contribution in [3.05, 3.63) is 84.1 Å². The maximum atomic E-state index is 12.8. The Bertz CT molecular complexity index is 1300. The summed E-state index contributed by atoms with van der Waals surface area (Å²) in [6.07, 6.45) is 5.35. The molecule has 8 heteroatoms. The molecule has 3 aromatic heterocycles. The van der Waals surface area contributed by atoms with E-state index in [0.717, 1.165) is 41.2 Å². The van der Waals surface area contributed by atoms with E-state index >= 15 is 0 Å². The Balaban J connectivity index is 1.37. The number of pyridine rings is 1. The summed E-state index contributed by atoms with van der Waals surface area (Å²) in [6.45, 7) is 0.0865. The van der Waals surface area contributed by atoms with Crippen molar-refractivity contribution in [2.24, 2.45) is 0 Å². The number of para-hydroxylation sites is 1. The molecule has 1 aliphatic carbocycles. The lowest BCUT2D eigenvalue weighted by atomic mass is 9.95. The van der Waals surface area contributed by atoms with E-state index in [1.165, 1.54) is 0 Å². The van der Waals surface area contributed by atoms with Crippen molar-refractivity contribution in [1.29, 1.82) is 0 Å². The second-order valence-electron chi connectivity index (χ2n) is 8.05. The van der Waals surface area contributed by atoms with Crippen LogP contribution in [-0.4, -0.2) is 28.3 Å². The summed E-state index contributed by atoms with van der Waals surface area (Å²) < 4.78 is 10.6. The minimum atomic E-state index is -0.320. The van der Waals surface area contributed by atoms with Crippen LogP contribution in [0.2, 0.25) is 0 Å². The van der Waals surface area contributed by atoms with Gasteiger partial charge in [-0.1, -0.05) is 18.2 Å². The normalized spacial score (nSPS) is 12.9. The molecule has 0 unspecified atom stereocenters. The first-order chi connectivity index (χ1) is 16.7. The molecule has 0 radical (unpaired) electrons. The average Bonchev–Trinajstić information content (AvgIpc) is 3.49. The average molecular weight is 457 g/mol. The molecule has 0 spiro atoms. The van der Waals surface area contributed by atoms with Crippen molar-refractivity contribution in [1.82, 2.24) is 9.97 Å². The Hall–Kier alpha value is -4.17. The van der Waals surface area contributed by atoms with Crippen molar-refractivity contribution in [3.8, 4) is 11.3 Å². The van der Waals surface area contributed by atoms with Crippen molar-refractivity contribution in [3.63, 3.8) is 0 Å². The molecule has 34 heavy (non-hydrogen) atoms. The van der Waals surface area contributed by atoms with E-state index in [9.17, 15) is 9.59 Å². The van der Waals surface area contributed by atoms with Gasteiger partial charge in [0.15, 0.2) is 5.78 Å². The maximum Gasteiger partial charge on any atom is 0.251 e. The summed E-state index contributed by atoms with van der Waals surface area (Å²) in [5, 5.41) is 6.19. The summed E-state index contributed by atoms with van der Waals surface area (Å²) in [6, 6.07) is 16.9. The molecule has 3 N–H and O–H groups in total. The van der Waals surface area contributed by atoms with Crippen LogP contribution in [0.15, 0.2) is 71.5 Å². The predicted molar refractivity (Wildman–Crippen MR) is 128 cm³/mol. The minimum absolute atomic E-state index is 0.124. The Morgan fingerprint density at radius 3 is 2.82 bits per heavy atom. The SMILES string of the molecule is O=C(COCc1ccco1)Nc1cc(-c2[nH]c3c(c2Nc2ccccc2)C(=O)CCC3)ccn1. The number of rotatable bonds is 8.